The maximum Gasteiger partial charge on any atom is 0.224 e. The lowest BCUT2D eigenvalue weighted by molar-refractivity contribution is -0.133. The van der Waals surface area contributed by atoms with Crippen molar-refractivity contribution in [2.24, 2.45) is 0 Å². The Balaban J connectivity index is 1.50. The third kappa shape index (κ3) is 4.38. The number of carbonyl (C=O) groups is 1. The number of likely N-dealkylation sites (N-methyl/N-ethyl adjacent to an activating group) is 1. The molecule has 1 saturated heterocycles. The highest BCUT2D eigenvalue weighted by atomic mass is 16.2. The van der Waals surface area contributed by atoms with Gasteiger partial charge in [0.05, 0.1) is 6.54 Å². The van der Waals surface area contributed by atoms with Crippen molar-refractivity contribution in [1.29, 1.82) is 0 Å². The van der Waals surface area contributed by atoms with Crippen LogP contribution in [0, 0.1) is 0 Å². The van der Waals surface area contributed by atoms with E-state index in [9.17, 15) is 4.79 Å². The predicted molar refractivity (Wildman–Crippen MR) is 89.9 cm³/mol. The van der Waals surface area contributed by atoms with Crippen molar-refractivity contribution >= 4 is 5.91 Å². The van der Waals surface area contributed by atoms with E-state index >= 15 is 0 Å². The maximum absolute atomic E-state index is 12.4. The molecule has 1 aromatic heterocycles. The molecule has 24 heavy (non-hydrogen) atoms. The average Bonchev–Trinajstić information content (AvgIpc) is 3.14. The van der Waals surface area contributed by atoms with Crippen molar-refractivity contribution < 1.29 is 4.79 Å². The zero-order valence-electron chi connectivity index (χ0n) is 14.1. The Morgan fingerprint density at radius 2 is 2.17 bits per heavy atom. The van der Waals surface area contributed by atoms with Crippen LogP contribution in [0.2, 0.25) is 0 Å². The van der Waals surface area contributed by atoms with Crippen LogP contribution < -0.4 is 0 Å². The van der Waals surface area contributed by atoms with Crippen LogP contribution in [0.4, 0.5) is 0 Å². The van der Waals surface area contributed by atoms with Gasteiger partial charge in [-0.3, -0.25) is 9.69 Å². The standard InChI is InChI=1S/C17H24N6O/c1-21(12-15-6-3-2-4-7-15)16-8-5-10-22(13-16)17(24)9-11-23-14-18-19-20-23/h2-4,6-7,14,16H,5,8-13H2,1H3. The van der Waals surface area contributed by atoms with Crippen LogP contribution in [-0.4, -0.2) is 62.1 Å². The molecule has 0 aliphatic carbocycles. The van der Waals surface area contributed by atoms with Gasteiger partial charge in [-0.05, 0) is 35.9 Å². The van der Waals surface area contributed by atoms with Gasteiger partial charge >= 0.3 is 0 Å². The molecule has 0 N–H and O–H groups in total. The van der Waals surface area contributed by atoms with Gasteiger partial charge in [0.2, 0.25) is 5.91 Å². The number of nitrogens with zero attached hydrogens (tertiary/aromatic N) is 6. The van der Waals surface area contributed by atoms with E-state index in [-0.39, 0.29) is 5.91 Å². The molecule has 1 amide bonds. The summed E-state index contributed by atoms with van der Waals surface area (Å²) in [5.74, 6) is 0.184. The van der Waals surface area contributed by atoms with E-state index < -0.39 is 0 Å². The summed E-state index contributed by atoms with van der Waals surface area (Å²) in [6.07, 6.45) is 4.18. The Bertz CT molecular complexity index is 630. The van der Waals surface area contributed by atoms with Gasteiger partial charge in [0, 0.05) is 32.1 Å². The van der Waals surface area contributed by atoms with Gasteiger partial charge in [-0.15, -0.1) is 5.10 Å². The zero-order chi connectivity index (χ0) is 16.8. The Morgan fingerprint density at radius 1 is 1.33 bits per heavy atom. The van der Waals surface area contributed by atoms with E-state index in [1.54, 1.807) is 11.0 Å². The predicted octanol–water partition coefficient (Wildman–Crippen LogP) is 1.19. The number of amides is 1. The van der Waals surface area contributed by atoms with Gasteiger partial charge in [0.15, 0.2) is 0 Å². The lowest BCUT2D eigenvalue weighted by Gasteiger charge is -2.37. The number of tetrazole rings is 1. The number of likely N-dealkylation sites (tertiary alicyclic amines) is 1. The van der Waals surface area contributed by atoms with Crippen LogP contribution in [0.25, 0.3) is 0 Å². The smallest absolute Gasteiger partial charge is 0.224 e. The number of benzene rings is 1. The molecule has 7 nitrogen and oxygen atoms in total. The van der Waals surface area contributed by atoms with Gasteiger partial charge in [0.1, 0.15) is 6.33 Å². The summed E-state index contributed by atoms with van der Waals surface area (Å²) in [6, 6.07) is 10.9. The van der Waals surface area contributed by atoms with Crippen molar-refractivity contribution in [1.82, 2.24) is 30.0 Å². The summed E-state index contributed by atoms with van der Waals surface area (Å²) in [5, 5.41) is 11.0. The third-order valence-electron chi connectivity index (χ3n) is 4.59. The monoisotopic (exact) mass is 328 g/mol. The fourth-order valence-corrected chi connectivity index (χ4v) is 3.19. The first-order valence-electron chi connectivity index (χ1n) is 8.45. The zero-order valence-corrected chi connectivity index (χ0v) is 14.1. The normalized spacial score (nSPS) is 18.1. The Morgan fingerprint density at radius 3 is 2.92 bits per heavy atom. The number of aryl methyl sites for hydroxylation is 1. The van der Waals surface area contributed by atoms with E-state index in [2.05, 4.69) is 51.7 Å². The van der Waals surface area contributed by atoms with Crippen LogP contribution >= 0.6 is 0 Å². The van der Waals surface area contributed by atoms with E-state index in [4.69, 9.17) is 0 Å². The van der Waals surface area contributed by atoms with E-state index in [0.29, 0.717) is 19.0 Å². The van der Waals surface area contributed by atoms with Crippen molar-refractivity contribution in [3.05, 3.63) is 42.2 Å². The van der Waals surface area contributed by atoms with Gasteiger partial charge < -0.3 is 4.90 Å². The Hall–Kier alpha value is -2.28. The molecule has 7 heteroatoms. The number of hydrogen-bond donors (Lipinski definition) is 0. The minimum Gasteiger partial charge on any atom is -0.341 e. The molecular formula is C17H24N6O. The molecule has 1 aliphatic heterocycles. The molecule has 2 aromatic rings. The molecule has 1 atom stereocenters. The summed E-state index contributed by atoms with van der Waals surface area (Å²) in [6.45, 7) is 3.10. The van der Waals surface area contributed by atoms with Gasteiger partial charge in [0.25, 0.3) is 0 Å². The first kappa shape index (κ1) is 16.6. The van der Waals surface area contributed by atoms with Gasteiger partial charge in [-0.2, -0.15) is 0 Å². The topological polar surface area (TPSA) is 67.2 Å². The lowest BCUT2D eigenvalue weighted by Crippen LogP contribution is -2.48. The SMILES string of the molecule is CN(Cc1ccccc1)C1CCCN(C(=O)CCn2cnnn2)C1. The molecule has 3 rings (SSSR count). The first-order chi connectivity index (χ1) is 11.7. The number of carbonyl (C=O) groups excluding carboxylic acids is 1. The second-order valence-corrected chi connectivity index (χ2v) is 6.36. The number of aromatic nitrogens is 4. The fraction of sp³-hybridized carbons (Fsp3) is 0.529. The van der Waals surface area contributed by atoms with Crippen LogP contribution in [0.15, 0.2) is 36.7 Å². The highest BCUT2D eigenvalue weighted by molar-refractivity contribution is 5.76. The fourth-order valence-electron chi connectivity index (χ4n) is 3.19. The lowest BCUT2D eigenvalue weighted by atomic mass is 10.0. The highest BCUT2D eigenvalue weighted by Gasteiger charge is 2.26. The second-order valence-electron chi connectivity index (χ2n) is 6.36. The molecule has 0 spiro atoms. The van der Waals surface area contributed by atoms with E-state index in [0.717, 1.165) is 32.5 Å². The van der Waals surface area contributed by atoms with Crippen LogP contribution in [0.1, 0.15) is 24.8 Å². The minimum absolute atomic E-state index is 0.184. The van der Waals surface area contributed by atoms with E-state index in [1.807, 2.05) is 11.0 Å². The van der Waals surface area contributed by atoms with Crippen LogP contribution in [-0.2, 0) is 17.9 Å². The van der Waals surface area contributed by atoms with Crippen LogP contribution in [0.5, 0.6) is 0 Å². The largest absolute Gasteiger partial charge is 0.341 e. The summed E-state index contributed by atoms with van der Waals surface area (Å²) < 4.78 is 1.60. The Labute approximate surface area is 142 Å². The summed E-state index contributed by atoms with van der Waals surface area (Å²) in [5.41, 5.74) is 1.31. The molecule has 1 aliphatic rings. The van der Waals surface area contributed by atoms with Gasteiger partial charge in [-0.1, -0.05) is 30.3 Å². The van der Waals surface area contributed by atoms with Crippen molar-refractivity contribution in [3.8, 4) is 0 Å². The Kier molecular flexibility index (Phi) is 5.53. The average molecular weight is 328 g/mol. The highest BCUT2D eigenvalue weighted by Crippen LogP contribution is 2.17. The molecule has 0 bridgehead atoms. The third-order valence-corrected chi connectivity index (χ3v) is 4.59. The van der Waals surface area contributed by atoms with Gasteiger partial charge in [-0.25, -0.2) is 4.68 Å². The van der Waals surface area contributed by atoms with E-state index in [1.165, 1.54) is 5.56 Å². The molecule has 0 radical (unpaired) electrons. The van der Waals surface area contributed by atoms with Crippen molar-refractivity contribution in [2.75, 3.05) is 20.1 Å². The number of piperidine rings is 1. The molecule has 1 fully saturated rings. The molecule has 1 unspecified atom stereocenters. The summed E-state index contributed by atoms with van der Waals surface area (Å²) in [4.78, 5) is 16.8. The molecule has 0 saturated carbocycles. The maximum atomic E-state index is 12.4. The summed E-state index contributed by atoms with van der Waals surface area (Å²) in [7, 11) is 2.15. The number of rotatable bonds is 6. The second kappa shape index (κ2) is 8.01. The summed E-state index contributed by atoms with van der Waals surface area (Å²) >= 11 is 0. The molecular weight excluding hydrogens is 304 g/mol. The number of hydrogen-bond acceptors (Lipinski definition) is 5. The van der Waals surface area contributed by atoms with Crippen molar-refractivity contribution in [3.63, 3.8) is 0 Å². The quantitative estimate of drug-likeness (QED) is 0.797. The molecule has 1 aromatic carbocycles. The van der Waals surface area contributed by atoms with Crippen LogP contribution in [0.3, 0.4) is 0 Å². The van der Waals surface area contributed by atoms with Crippen molar-refractivity contribution in [2.45, 2.75) is 38.4 Å². The molecule has 2 heterocycles. The minimum atomic E-state index is 0.184. The molecule has 128 valence electrons. The first-order valence-corrected chi connectivity index (χ1v) is 8.45.